The first-order valence-electron chi connectivity index (χ1n) is 8.46. The van der Waals surface area contributed by atoms with Crippen LogP contribution in [0.2, 0.25) is 0 Å². The van der Waals surface area contributed by atoms with Crippen LogP contribution in [0.25, 0.3) is 17.1 Å². The molecule has 150 valence electrons. The minimum Gasteiger partial charge on any atom is -0.497 e. The molecule has 0 unspecified atom stereocenters. The van der Waals surface area contributed by atoms with Gasteiger partial charge in [-0.3, -0.25) is 10.1 Å². The van der Waals surface area contributed by atoms with Gasteiger partial charge in [0.05, 0.1) is 31.7 Å². The van der Waals surface area contributed by atoms with Crippen molar-refractivity contribution in [1.82, 2.24) is 15.2 Å². The first-order chi connectivity index (χ1) is 14.0. The zero-order valence-electron chi connectivity index (χ0n) is 15.6. The predicted molar refractivity (Wildman–Crippen MR) is 102 cm³/mol. The molecule has 2 aromatic heterocycles. The average Bonchev–Trinajstić information content (AvgIpc) is 3.35. The van der Waals surface area contributed by atoms with Gasteiger partial charge in [-0.15, -0.1) is 0 Å². The minimum atomic E-state index is -0.707. The Morgan fingerprint density at radius 3 is 2.72 bits per heavy atom. The third kappa shape index (κ3) is 4.58. The number of methoxy groups -OCH3 is 1. The fourth-order valence-electron chi connectivity index (χ4n) is 2.41. The van der Waals surface area contributed by atoms with Crippen LogP contribution in [0.3, 0.4) is 0 Å². The Labute approximate surface area is 164 Å². The highest BCUT2D eigenvalue weighted by atomic mass is 16.6. The maximum atomic E-state index is 11.4. The van der Waals surface area contributed by atoms with Gasteiger partial charge in [-0.2, -0.15) is 10.2 Å². The minimum absolute atomic E-state index is 0.182. The quantitative estimate of drug-likeness (QED) is 0.366. The van der Waals surface area contributed by atoms with E-state index in [2.05, 4.69) is 15.6 Å². The standard InChI is InChI=1S/C18H17N5O6/c1-3-28-18(24)20-19-10-12-11-22(13-4-6-14(27-2)7-5-13)21-17(12)15-8-9-16(29-15)23(25)26/h4-11H,3H2,1-2H3,(H,20,24)/b19-10+. The second-order valence-corrected chi connectivity index (χ2v) is 5.56. The number of amides is 1. The third-order valence-corrected chi connectivity index (χ3v) is 3.72. The fourth-order valence-corrected chi connectivity index (χ4v) is 2.41. The molecule has 2 heterocycles. The van der Waals surface area contributed by atoms with E-state index in [0.29, 0.717) is 22.7 Å². The molecule has 1 N–H and O–H groups in total. The van der Waals surface area contributed by atoms with Gasteiger partial charge in [-0.25, -0.2) is 14.9 Å². The molecular formula is C18H17N5O6. The first kappa shape index (κ1) is 19.6. The lowest BCUT2D eigenvalue weighted by Gasteiger charge is -2.02. The van der Waals surface area contributed by atoms with Gasteiger partial charge in [-0.1, -0.05) is 0 Å². The number of carbonyl (C=O) groups excluding carboxylic acids is 1. The normalized spacial score (nSPS) is 10.8. The van der Waals surface area contributed by atoms with Crippen molar-refractivity contribution in [2.24, 2.45) is 5.10 Å². The van der Waals surface area contributed by atoms with Crippen molar-refractivity contribution in [3.63, 3.8) is 0 Å². The van der Waals surface area contributed by atoms with Gasteiger partial charge in [-0.05, 0) is 37.3 Å². The van der Waals surface area contributed by atoms with Gasteiger partial charge in [0, 0.05) is 11.8 Å². The molecule has 0 bridgehead atoms. The number of rotatable bonds is 7. The molecule has 3 rings (SSSR count). The summed E-state index contributed by atoms with van der Waals surface area (Å²) in [4.78, 5) is 21.7. The summed E-state index contributed by atoms with van der Waals surface area (Å²) in [5, 5.41) is 19.2. The van der Waals surface area contributed by atoms with Crippen molar-refractivity contribution < 1.29 is 23.6 Å². The molecule has 1 amide bonds. The molecule has 0 aliphatic carbocycles. The molecule has 0 aliphatic rings. The van der Waals surface area contributed by atoms with E-state index in [1.54, 1.807) is 49.2 Å². The molecule has 11 heteroatoms. The highest BCUT2D eigenvalue weighted by molar-refractivity contribution is 5.88. The van der Waals surface area contributed by atoms with Gasteiger partial charge in [0.1, 0.15) is 16.4 Å². The van der Waals surface area contributed by atoms with E-state index >= 15 is 0 Å². The average molecular weight is 399 g/mol. The van der Waals surface area contributed by atoms with Gasteiger partial charge in [0.2, 0.25) is 0 Å². The summed E-state index contributed by atoms with van der Waals surface area (Å²) in [6, 6.07) is 9.79. The Hall–Kier alpha value is -4.15. The van der Waals surface area contributed by atoms with Crippen LogP contribution in [0.5, 0.6) is 5.75 Å². The Morgan fingerprint density at radius 2 is 2.10 bits per heavy atom. The first-order valence-corrected chi connectivity index (χ1v) is 8.46. The second kappa shape index (κ2) is 8.69. The maximum Gasteiger partial charge on any atom is 0.433 e. The van der Waals surface area contributed by atoms with E-state index < -0.39 is 16.9 Å². The summed E-state index contributed by atoms with van der Waals surface area (Å²) in [6.07, 6.45) is 2.27. The Kier molecular flexibility index (Phi) is 5.88. The molecule has 3 aromatic rings. The van der Waals surface area contributed by atoms with Crippen molar-refractivity contribution in [2.45, 2.75) is 6.92 Å². The third-order valence-electron chi connectivity index (χ3n) is 3.72. The molecule has 29 heavy (non-hydrogen) atoms. The van der Waals surface area contributed by atoms with Crippen molar-refractivity contribution >= 4 is 18.2 Å². The summed E-state index contributed by atoms with van der Waals surface area (Å²) in [5.41, 5.74) is 3.70. The fraction of sp³-hybridized carbons (Fsp3) is 0.167. The van der Waals surface area contributed by atoms with E-state index in [-0.39, 0.29) is 12.4 Å². The summed E-state index contributed by atoms with van der Waals surface area (Å²) in [5.74, 6) is 0.455. The van der Waals surface area contributed by atoms with Crippen molar-refractivity contribution in [3.8, 4) is 22.9 Å². The Morgan fingerprint density at radius 1 is 1.34 bits per heavy atom. The molecule has 0 aliphatic heterocycles. The van der Waals surface area contributed by atoms with Crippen LogP contribution in [0, 0.1) is 10.1 Å². The molecule has 1 aromatic carbocycles. The number of hydrazone groups is 1. The lowest BCUT2D eigenvalue weighted by atomic mass is 10.2. The van der Waals surface area contributed by atoms with E-state index in [1.807, 2.05) is 0 Å². The van der Waals surface area contributed by atoms with Crippen molar-refractivity contribution in [1.29, 1.82) is 0 Å². The number of benzene rings is 1. The maximum absolute atomic E-state index is 11.4. The van der Waals surface area contributed by atoms with Gasteiger partial charge in [0.15, 0.2) is 5.76 Å². The van der Waals surface area contributed by atoms with E-state index in [4.69, 9.17) is 13.9 Å². The van der Waals surface area contributed by atoms with E-state index in [9.17, 15) is 14.9 Å². The lowest BCUT2D eigenvalue weighted by Crippen LogP contribution is -2.18. The van der Waals surface area contributed by atoms with Crippen LogP contribution < -0.4 is 10.2 Å². The number of aromatic nitrogens is 2. The highest BCUT2D eigenvalue weighted by Crippen LogP contribution is 2.28. The molecule has 0 fully saturated rings. The molecular weight excluding hydrogens is 382 g/mol. The second-order valence-electron chi connectivity index (χ2n) is 5.56. The van der Waals surface area contributed by atoms with Gasteiger partial charge >= 0.3 is 12.0 Å². The summed E-state index contributed by atoms with van der Waals surface area (Å²) >= 11 is 0. The van der Waals surface area contributed by atoms with Crippen LogP contribution in [-0.2, 0) is 4.74 Å². The number of hydrogen-bond donors (Lipinski definition) is 1. The zero-order chi connectivity index (χ0) is 20.8. The number of nitrogens with one attached hydrogen (secondary N) is 1. The summed E-state index contributed by atoms with van der Waals surface area (Å²) in [7, 11) is 1.57. The monoisotopic (exact) mass is 399 g/mol. The number of ether oxygens (including phenoxy) is 2. The van der Waals surface area contributed by atoms with Crippen molar-refractivity contribution in [3.05, 3.63) is 58.3 Å². The molecule has 0 spiro atoms. The SMILES string of the molecule is CCOC(=O)N/N=C/c1cn(-c2ccc(OC)cc2)nc1-c1ccc([N+](=O)[O-])o1. The summed E-state index contributed by atoms with van der Waals surface area (Å²) < 4.78 is 16.7. The number of furan rings is 1. The van der Waals surface area contributed by atoms with E-state index in [1.165, 1.54) is 18.3 Å². The number of hydrogen-bond acceptors (Lipinski definition) is 8. The number of nitrogens with zero attached hydrogens (tertiary/aromatic N) is 4. The van der Waals surface area contributed by atoms with Crippen LogP contribution in [0.15, 0.2) is 52.1 Å². The molecule has 0 saturated carbocycles. The smallest absolute Gasteiger partial charge is 0.433 e. The summed E-state index contributed by atoms with van der Waals surface area (Å²) in [6.45, 7) is 1.88. The van der Waals surface area contributed by atoms with Gasteiger partial charge in [0.25, 0.3) is 0 Å². The van der Waals surface area contributed by atoms with Gasteiger partial charge < -0.3 is 13.9 Å². The number of nitro groups is 1. The predicted octanol–water partition coefficient (Wildman–Crippen LogP) is 3.13. The van der Waals surface area contributed by atoms with Crippen LogP contribution in [-0.4, -0.2) is 40.7 Å². The lowest BCUT2D eigenvalue weighted by molar-refractivity contribution is -0.401. The zero-order valence-corrected chi connectivity index (χ0v) is 15.6. The van der Waals surface area contributed by atoms with E-state index in [0.717, 1.165) is 0 Å². The van der Waals surface area contributed by atoms with Crippen LogP contribution in [0.4, 0.5) is 10.7 Å². The molecule has 0 saturated heterocycles. The number of carbonyl (C=O) groups is 1. The van der Waals surface area contributed by atoms with Crippen LogP contribution >= 0.6 is 0 Å². The highest BCUT2D eigenvalue weighted by Gasteiger charge is 2.19. The molecule has 11 nitrogen and oxygen atoms in total. The Balaban J connectivity index is 1.96. The topological polar surface area (TPSA) is 134 Å². The largest absolute Gasteiger partial charge is 0.497 e. The molecule has 0 radical (unpaired) electrons. The van der Waals surface area contributed by atoms with Crippen LogP contribution in [0.1, 0.15) is 12.5 Å². The molecule has 0 atom stereocenters. The Bertz CT molecular complexity index is 1040. The van der Waals surface area contributed by atoms with Crippen molar-refractivity contribution in [2.75, 3.05) is 13.7 Å².